The van der Waals surface area contributed by atoms with Crippen LogP contribution < -0.4 is 5.32 Å². The van der Waals surface area contributed by atoms with E-state index in [4.69, 9.17) is 0 Å². The van der Waals surface area contributed by atoms with Gasteiger partial charge in [-0.3, -0.25) is 0 Å². The van der Waals surface area contributed by atoms with E-state index in [0.717, 1.165) is 19.4 Å². The summed E-state index contributed by atoms with van der Waals surface area (Å²) in [5.74, 6) is 0.648. The number of hydrogen-bond donors (Lipinski definition) is 2. The largest absolute Gasteiger partial charge is 0.392 e. The fraction of sp³-hybridized carbons (Fsp3) is 1.00. The van der Waals surface area contributed by atoms with Gasteiger partial charge in [0, 0.05) is 6.04 Å². The van der Waals surface area contributed by atoms with Crippen LogP contribution in [0.25, 0.3) is 0 Å². The summed E-state index contributed by atoms with van der Waals surface area (Å²) in [5.41, 5.74) is 0.358. The third-order valence-corrected chi connectivity index (χ3v) is 3.64. The quantitative estimate of drug-likeness (QED) is 0.730. The van der Waals surface area contributed by atoms with E-state index in [9.17, 15) is 5.11 Å². The number of aliphatic hydroxyl groups excluding tert-OH is 1. The van der Waals surface area contributed by atoms with Crippen LogP contribution in [0.5, 0.6) is 0 Å². The minimum Gasteiger partial charge on any atom is -0.392 e. The standard InChI is InChI=1S/C12H25NO/c1-9(12(2,3)4)8-13-10-6-5-7-11(10)14/h9-11,13-14H,5-8H2,1-4H3. The van der Waals surface area contributed by atoms with E-state index in [1.807, 2.05) is 0 Å². The van der Waals surface area contributed by atoms with Crippen molar-refractivity contribution in [2.45, 2.75) is 59.1 Å². The Morgan fingerprint density at radius 1 is 1.36 bits per heavy atom. The Labute approximate surface area is 88.1 Å². The van der Waals surface area contributed by atoms with Crippen molar-refractivity contribution in [1.82, 2.24) is 5.32 Å². The first-order valence-electron chi connectivity index (χ1n) is 5.82. The molecule has 2 nitrogen and oxygen atoms in total. The summed E-state index contributed by atoms with van der Waals surface area (Å²) in [7, 11) is 0. The SMILES string of the molecule is CC(CNC1CCCC1O)C(C)(C)C. The van der Waals surface area contributed by atoms with Crippen molar-refractivity contribution in [2.24, 2.45) is 11.3 Å². The van der Waals surface area contributed by atoms with Crippen LogP contribution in [0.2, 0.25) is 0 Å². The number of rotatable bonds is 3. The number of hydrogen-bond acceptors (Lipinski definition) is 2. The van der Waals surface area contributed by atoms with Crippen LogP contribution in [0.1, 0.15) is 47.0 Å². The van der Waals surface area contributed by atoms with Gasteiger partial charge in [-0.1, -0.05) is 27.7 Å². The van der Waals surface area contributed by atoms with E-state index in [-0.39, 0.29) is 6.10 Å². The topological polar surface area (TPSA) is 32.3 Å². The highest BCUT2D eigenvalue weighted by Gasteiger charge is 2.26. The van der Waals surface area contributed by atoms with Gasteiger partial charge >= 0.3 is 0 Å². The number of nitrogens with one attached hydrogen (secondary N) is 1. The highest BCUT2D eigenvalue weighted by Crippen LogP contribution is 2.25. The molecular weight excluding hydrogens is 174 g/mol. The molecule has 1 saturated carbocycles. The van der Waals surface area contributed by atoms with Crippen LogP contribution in [-0.4, -0.2) is 23.8 Å². The monoisotopic (exact) mass is 199 g/mol. The molecule has 2 heteroatoms. The summed E-state index contributed by atoms with van der Waals surface area (Å²) in [6.45, 7) is 10.1. The molecule has 0 aromatic carbocycles. The molecule has 0 spiro atoms. The van der Waals surface area contributed by atoms with E-state index in [1.165, 1.54) is 6.42 Å². The Bertz CT molecular complexity index is 172. The van der Waals surface area contributed by atoms with Gasteiger partial charge < -0.3 is 10.4 Å². The predicted molar refractivity (Wildman–Crippen MR) is 60.3 cm³/mol. The second-order valence-corrected chi connectivity index (χ2v) is 5.78. The van der Waals surface area contributed by atoms with Crippen LogP contribution in [-0.2, 0) is 0 Å². The van der Waals surface area contributed by atoms with Crippen molar-refractivity contribution in [1.29, 1.82) is 0 Å². The molecule has 1 fully saturated rings. The second-order valence-electron chi connectivity index (χ2n) is 5.78. The summed E-state index contributed by atoms with van der Waals surface area (Å²) in [5, 5.41) is 13.1. The maximum absolute atomic E-state index is 9.64. The maximum Gasteiger partial charge on any atom is 0.0693 e. The van der Waals surface area contributed by atoms with Crippen LogP contribution in [0.3, 0.4) is 0 Å². The third kappa shape index (κ3) is 3.25. The lowest BCUT2D eigenvalue weighted by molar-refractivity contribution is 0.140. The van der Waals surface area contributed by atoms with Crippen molar-refractivity contribution in [2.75, 3.05) is 6.54 Å². The highest BCUT2D eigenvalue weighted by atomic mass is 16.3. The zero-order chi connectivity index (χ0) is 10.8. The molecule has 0 heterocycles. The molecule has 84 valence electrons. The summed E-state index contributed by atoms with van der Waals surface area (Å²) >= 11 is 0. The zero-order valence-corrected chi connectivity index (χ0v) is 10.0. The van der Waals surface area contributed by atoms with Gasteiger partial charge in [-0.05, 0) is 37.1 Å². The van der Waals surface area contributed by atoms with Gasteiger partial charge in [-0.15, -0.1) is 0 Å². The molecule has 14 heavy (non-hydrogen) atoms. The first-order valence-corrected chi connectivity index (χ1v) is 5.82. The van der Waals surface area contributed by atoms with Gasteiger partial charge in [-0.2, -0.15) is 0 Å². The molecule has 0 aromatic rings. The molecule has 2 N–H and O–H groups in total. The highest BCUT2D eigenvalue weighted by molar-refractivity contribution is 4.84. The van der Waals surface area contributed by atoms with Crippen molar-refractivity contribution in [3.63, 3.8) is 0 Å². The maximum atomic E-state index is 9.64. The Morgan fingerprint density at radius 3 is 2.43 bits per heavy atom. The minimum absolute atomic E-state index is 0.109. The second kappa shape index (κ2) is 4.63. The van der Waals surface area contributed by atoms with Crippen molar-refractivity contribution < 1.29 is 5.11 Å². The lowest BCUT2D eigenvalue weighted by Crippen LogP contribution is -2.40. The average molecular weight is 199 g/mol. The fourth-order valence-electron chi connectivity index (χ4n) is 1.81. The van der Waals surface area contributed by atoms with Gasteiger partial charge in [0.25, 0.3) is 0 Å². The molecular formula is C12H25NO. The molecule has 1 rings (SSSR count). The van der Waals surface area contributed by atoms with Gasteiger partial charge in [0.15, 0.2) is 0 Å². The molecule has 3 atom stereocenters. The predicted octanol–water partition coefficient (Wildman–Crippen LogP) is 2.17. The molecule has 0 radical (unpaired) electrons. The molecule has 0 aliphatic heterocycles. The van der Waals surface area contributed by atoms with Crippen molar-refractivity contribution in [3.8, 4) is 0 Å². The third-order valence-electron chi connectivity index (χ3n) is 3.64. The average Bonchev–Trinajstić information content (AvgIpc) is 2.45. The Hall–Kier alpha value is -0.0800. The zero-order valence-electron chi connectivity index (χ0n) is 10.0. The fourth-order valence-corrected chi connectivity index (χ4v) is 1.81. The van der Waals surface area contributed by atoms with Gasteiger partial charge in [0.2, 0.25) is 0 Å². The van der Waals surface area contributed by atoms with Crippen LogP contribution in [0.15, 0.2) is 0 Å². The van der Waals surface area contributed by atoms with E-state index in [1.54, 1.807) is 0 Å². The summed E-state index contributed by atoms with van der Waals surface area (Å²) in [4.78, 5) is 0. The minimum atomic E-state index is -0.109. The van der Waals surface area contributed by atoms with Crippen LogP contribution >= 0.6 is 0 Å². The summed E-state index contributed by atoms with van der Waals surface area (Å²) in [6, 6.07) is 0.347. The van der Waals surface area contributed by atoms with Gasteiger partial charge in [0.1, 0.15) is 0 Å². The molecule has 0 bridgehead atoms. The van der Waals surface area contributed by atoms with Crippen molar-refractivity contribution >= 4 is 0 Å². The van der Waals surface area contributed by atoms with E-state index >= 15 is 0 Å². The normalized spacial score (nSPS) is 30.6. The van der Waals surface area contributed by atoms with E-state index in [0.29, 0.717) is 17.4 Å². The van der Waals surface area contributed by atoms with Gasteiger partial charge in [0.05, 0.1) is 6.10 Å². The lowest BCUT2D eigenvalue weighted by Gasteiger charge is -2.29. The van der Waals surface area contributed by atoms with Crippen molar-refractivity contribution in [3.05, 3.63) is 0 Å². The Kier molecular flexibility index (Phi) is 3.96. The first-order chi connectivity index (χ1) is 6.41. The van der Waals surface area contributed by atoms with Gasteiger partial charge in [-0.25, -0.2) is 0 Å². The molecule has 1 aliphatic rings. The summed E-state index contributed by atoms with van der Waals surface area (Å²) in [6.07, 6.45) is 3.17. The lowest BCUT2D eigenvalue weighted by atomic mass is 9.82. The number of aliphatic hydroxyl groups is 1. The molecule has 0 saturated heterocycles. The smallest absolute Gasteiger partial charge is 0.0693 e. The molecule has 3 unspecified atom stereocenters. The summed E-state index contributed by atoms with van der Waals surface area (Å²) < 4.78 is 0. The molecule has 0 aromatic heterocycles. The Morgan fingerprint density at radius 2 is 2.00 bits per heavy atom. The van der Waals surface area contributed by atoms with Crippen LogP contribution in [0.4, 0.5) is 0 Å². The van der Waals surface area contributed by atoms with E-state index in [2.05, 4.69) is 33.0 Å². The van der Waals surface area contributed by atoms with Crippen LogP contribution in [0, 0.1) is 11.3 Å². The van der Waals surface area contributed by atoms with E-state index < -0.39 is 0 Å². The molecule has 0 amide bonds. The molecule has 1 aliphatic carbocycles. The Balaban J connectivity index is 2.26. The first kappa shape index (κ1) is 12.0.